The average Bonchev–Trinajstić information content (AvgIpc) is 2.79. The van der Waals surface area contributed by atoms with Crippen molar-refractivity contribution in [3.8, 4) is 0 Å². The van der Waals surface area contributed by atoms with Crippen LogP contribution in [0.15, 0.2) is 30.3 Å². The predicted molar refractivity (Wildman–Crippen MR) is 57.9 cm³/mol. The van der Waals surface area contributed by atoms with Gasteiger partial charge in [0.2, 0.25) is 0 Å². The Kier molecular flexibility index (Phi) is 2.05. The van der Waals surface area contributed by atoms with Gasteiger partial charge in [0, 0.05) is 6.42 Å². The van der Waals surface area contributed by atoms with Gasteiger partial charge < -0.3 is 0 Å². The number of hydrogen-bond donors (Lipinski definition) is 0. The molecule has 3 rings (SSSR count). The fourth-order valence-electron chi connectivity index (χ4n) is 2.25. The van der Waals surface area contributed by atoms with E-state index >= 15 is 0 Å². The van der Waals surface area contributed by atoms with Crippen LogP contribution < -0.4 is 0 Å². The maximum atomic E-state index is 13.8. The maximum absolute atomic E-state index is 13.8. The zero-order valence-corrected chi connectivity index (χ0v) is 9.27. The molecule has 1 atom stereocenters. The summed E-state index contributed by atoms with van der Waals surface area (Å²) in [5.41, 5.74) is 0.843. The van der Waals surface area contributed by atoms with E-state index in [-0.39, 0.29) is 12.2 Å². The molecule has 0 spiro atoms. The van der Waals surface area contributed by atoms with Gasteiger partial charge in [-0.1, -0.05) is 30.3 Å². The van der Waals surface area contributed by atoms with Crippen LogP contribution in [0, 0.1) is 6.92 Å². The highest BCUT2D eigenvalue weighted by Crippen LogP contribution is 2.44. The maximum Gasteiger partial charge on any atom is 0.308 e. The Morgan fingerprint density at radius 3 is 2.71 bits per heavy atom. The molecule has 88 valence electrons. The van der Waals surface area contributed by atoms with Crippen LogP contribution in [0.5, 0.6) is 0 Å². The lowest BCUT2D eigenvalue weighted by Gasteiger charge is -2.11. The Bertz CT molecular complexity index is 548. The number of alkyl halides is 2. The standard InChI is InChI=1S/C12H11F2N3/c1-8-15-11-12(13,14)7-10(17(11)16-8)9-5-3-2-4-6-9/h2-6,10H,7H2,1H3. The lowest BCUT2D eigenvalue weighted by molar-refractivity contribution is -0.00886. The smallest absolute Gasteiger partial charge is 0.237 e. The third kappa shape index (κ3) is 1.53. The highest BCUT2D eigenvalue weighted by molar-refractivity contribution is 5.24. The van der Waals surface area contributed by atoms with Crippen molar-refractivity contribution < 1.29 is 8.78 Å². The zero-order valence-electron chi connectivity index (χ0n) is 9.27. The average molecular weight is 235 g/mol. The van der Waals surface area contributed by atoms with Crippen LogP contribution >= 0.6 is 0 Å². The first-order chi connectivity index (χ1) is 8.08. The normalized spacial score (nSPS) is 21.5. The molecule has 1 aliphatic rings. The van der Waals surface area contributed by atoms with Crippen molar-refractivity contribution in [2.24, 2.45) is 0 Å². The van der Waals surface area contributed by atoms with Crippen molar-refractivity contribution in [3.05, 3.63) is 47.5 Å². The molecule has 0 radical (unpaired) electrons. The van der Waals surface area contributed by atoms with Gasteiger partial charge in [0.05, 0.1) is 6.04 Å². The van der Waals surface area contributed by atoms with E-state index in [2.05, 4.69) is 10.1 Å². The number of rotatable bonds is 1. The van der Waals surface area contributed by atoms with Crippen molar-refractivity contribution in [2.75, 3.05) is 0 Å². The van der Waals surface area contributed by atoms with Crippen LogP contribution in [0.4, 0.5) is 8.78 Å². The lowest BCUT2D eigenvalue weighted by atomic mass is 10.0. The van der Waals surface area contributed by atoms with E-state index in [9.17, 15) is 8.78 Å². The summed E-state index contributed by atoms with van der Waals surface area (Å²) < 4.78 is 28.9. The number of aryl methyl sites for hydroxylation is 1. The van der Waals surface area contributed by atoms with Gasteiger partial charge in [0.25, 0.3) is 0 Å². The monoisotopic (exact) mass is 235 g/mol. The predicted octanol–water partition coefficient (Wildman–Crippen LogP) is 2.67. The largest absolute Gasteiger partial charge is 0.308 e. The van der Waals surface area contributed by atoms with E-state index < -0.39 is 12.0 Å². The summed E-state index contributed by atoms with van der Waals surface area (Å²) in [4.78, 5) is 3.82. The Hall–Kier alpha value is -1.78. The molecule has 2 heterocycles. The third-order valence-electron chi connectivity index (χ3n) is 2.99. The fourth-order valence-corrected chi connectivity index (χ4v) is 2.25. The summed E-state index contributed by atoms with van der Waals surface area (Å²) >= 11 is 0. The Morgan fingerprint density at radius 1 is 1.29 bits per heavy atom. The zero-order chi connectivity index (χ0) is 12.0. The molecule has 0 saturated carbocycles. The summed E-state index contributed by atoms with van der Waals surface area (Å²) in [7, 11) is 0. The number of fused-ring (bicyclic) bond motifs is 1. The van der Waals surface area contributed by atoms with Crippen LogP contribution in [0.3, 0.4) is 0 Å². The quantitative estimate of drug-likeness (QED) is 0.760. The molecule has 0 fully saturated rings. The van der Waals surface area contributed by atoms with Gasteiger partial charge in [-0.15, -0.1) is 0 Å². The summed E-state index contributed by atoms with van der Waals surface area (Å²) in [5, 5.41) is 4.07. The van der Waals surface area contributed by atoms with Crippen LogP contribution in [0.25, 0.3) is 0 Å². The molecule has 0 N–H and O–H groups in total. The van der Waals surface area contributed by atoms with E-state index in [1.165, 1.54) is 4.68 Å². The second-order valence-electron chi connectivity index (χ2n) is 4.26. The molecule has 2 aromatic rings. The highest BCUT2D eigenvalue weighted by Gasteiger charge is 2.48. The van der Waals surface area contributed by atoms with Crippen LogP contribution in [-0.2, 0) is 5.92 Å². The van der Waals surface area contributed by atoms with E-state index in [1.807, 2.05) is 30.3 Å². The molecular formula is C12H11F2N3. The molecule has 3 nitrogen and oxygen atoms in total. The van der Waals surface area contributed by atoms with Crippen molar-refractivity contribution in [1.29, 1.82) is 0 Å². The highest BCUT2D eigenvalue weighted by atomic mass is 19.3. The van der Waals surface area contributed by atoms with Gasteiger partial charge in [-0.05, 0) is 12.5 Å². The van der Waals surface area contributed by atoms with E-state index in [4.69, 9.17) is 0 Å². The van der Waals surface area contributed by atoms with Gasteiger partial charge in [0.1, 0.15) is 5.82 Å². The van der Waals surface area contributed by atoms with Gasteiger partial charge >= 0.3 is 5.92 Å². The topological polar surface area (TPSA) is 30.7 Å². The minimum Gasteiger partial charge on any atom is -0.237 e. The van der Waals surface area contributed by atoms with Crippen LogP contribution in [0.2, 0.25) is 0 Å². The van der Waals surface area contributed by atoms with Gasteiger partial charge in [0.15, 0.2) is 5.82 Å². The van der Waals surface area contributed by atoms with Crippen molar-refractivity contribution >= 4 is 0 Å². The number of hydrogen-bond acceptors (Lipinski definition) is 2. The molecule has 5 heteroatoms. The number of nitrogens with zero attached hydrogens (tertiary/aromatic N) is 3. The molecule has 1 aromatic heterocycles. The molecule has 1 aromatic carbocycles. The molecule has 0 bridgehead atoms. The Morgan fingerprint density at radius 2 is 2.00 bits per heavy atom. The summed E-state index contributed by atoms with van der Waals surface area (Å²) in [6.07, 6.45) is -0.257. The van der Waals surface area contributed by atoms with Crippen LogP contribution in [0.1, 0.15) is 29.7 Å². The van der Waals surface area contributed by atoms with E-state index in [1.54, 1.807) is 6.92 Å². The summed E-state index contributed by atoms with van der Waals surface area (Å²) in [6.45, 7) is 1.63. The fraction of sp³-hybridized carbons (Fsp3) is 0.333. The second-order valence-corrected chi connectivity index (χ2v) is 4.26. The minimum absolute atomic E-state index is 0.219. The number of benzene rings is 1. The summed E-state index contributed by atoms with van der Waals surface area (Å²) in [5.74, 6) is -2.72. The first-order valence-electron chi connectivity index (χ1n) is 5.44. The molecule has 1 unspecified atom stereocenters. The Balaban J connectivity index is 2.11. The summed E-state index contributed by atoms with van der Waals surface area (Å²) in [6, 6.07) is 8.82. The third-order valence-corrected chi connectivity index (χ3v) is 2.99. The van der Waals surface area contributed by atoms with Gasteiger partial charge in [-0.2, -0.15) is 13.9 Å². The van der Waals surface area contributed by atoms with E-state index in [0.29, 0.717) is 5.82 Å². The SMILES string of the molecule is Cc1nc2n(n1)C(c1ccccc1)CC2(F)F. The van der Waals surface area contributed by atoms with Gasteiger partial charge in [-0.25, -0.2) is 9.67 Å². The minimum atomic E-state index is -2.89. The molecule has 1 aliphatic heterocycles. The van der Waals surface area contributed by atoms with Crippen molar-refractivity contribution in [1.82, 2.24) is 14.8 Å². The van der Waals surface area contributed by atoms with Crippen molar-refractivity contribution in [3.63, 3.8) is 0 Å². The first-order valence-corrected chi connectivity index (χ1v) is 5.44. The Labute approximate surface area is 97.1 Å². The molecular weight excluding hydrogens is 224 g/mol. The van der Waals surface area contributed by atoms with Crippen LogP contribution in [-0.4, -0.2) is 14.8 Å². The van der Waals surface area contributed by atoms with Crippen molar-refractivity contribution in [2.45, 2.75) is 25.3 Å². The number of aromatic nitrogens is 3. The molecule has 0 amide bonds. The number of halogens is 2. The lowest BCUT2D eigenvalue weighted by Crippen LogP contribution is -2.10. The van der Waals surface area contributed by atoms with E-state index in [0.717, 1.165) is 5.56 Å². The second kappa shape index (κ2) is 3.35. The molecule has 0 aliphatic carbocycles. The first kappa shape index (κ1) is 10.4. The van der Waals surface area contributed by atoms with Gasteiger partial charge in [-0.3, -0.25) is 0 Å². The molecule has 17 heavy (non-hydrogen) atoms. The molecule has 0 saturated heterocycles.